The average Bonchev–Trinajstić information content (AvgIpc) is 2.79. The molecule has 0 amide bonds. The number of anilines is 1. The predicted molar refractivity (Wildman–Crippen MR) is 120 cm³/mol. The summed E-state index contributed by atoms with van der Waals surface area (Å²) in [6.07, 6.45) is 1.87. The zero-order valence-electron chi connectivity index (χ0n) is 17.5. The zero-order valence-corrected chi connectivity index (χ0v) is 17.5. The van der Waals surface area contributed by atoms with Gasteiger partial charge in [-0.1, -0.05) is 74.5 Å². The van der Waals surface area contributed by atoms with Crippen LogP contribution in [0.3, 0.4) is 0 Å². The van der Waals surface area contributed by atoms with Crippen molar-refractivity contribution in [3.8, 4) is 0 Å². The molecule has 2 heterocycles. The van der Waals surface area contributed by atoms with Crippen LogP contribution < -0.4 is 4.90 Å². The maximum Gasteiger partial charge on any atom is 0.275 e. The van der Waals surface area contributed by atoms with Crippen molar-refractivity contribution in [2.45, 2.75) is 37.5 Å². The summed E-state index contributed by atoms with van der Waals surface area (Å²) in [7, 11) is 0. The lowest BCUT2D eigenvalue weighted by atomic mass is 9.64. The smallest absolute Gasteiger partial charge is 0.275 e. The molecule has 0 N–H and O–H groups in total. The van der Waals surface area contributed by atoms with Crippen molar-refractivity contribution < 1.29 is 4.92 Å². The third kappa shape index (κ3) is 2.59. The molecule has 0 fully saturated rings. The first-order chi connectivity index (χ1) is 14.4. The van der Waals surface area contributed by atoms with Crippen molar-refractivity contribution in [3.63, 3.8) is 0 Å². The van der Waals surface area contributed by atoms with Gasteiger partial charge in [0.15, 0.2) is 0 Å². The summed E-state index contributed by atoms with van der Waals surface area (Å²) in [5.41, 5.74) is 5.28. The van der Waals surface area contributed by atoms with Crippen LogP contribution in [-0.2, 0) is 10.8 Å². The third-order valence-corrected chi connectivity index (χ3v) is 7.40. The van der Waals surface area contributed by atoms with Crippen molar-refractivity contribution in [1.82, 2.24) is 0 Å². The molecular formula is C26H26N2O2. The molecule has 0 spiro atoms. The number of nitro groups is 1. The maximum atomic E-state index is 12.1. The molecule has 0 radical (unpaired) electrons. The summed E-state index contributed by atoms with van der Waals surface area (Å²) < 4.78 is 0. The summed E-state index contributed by atoms with van der Waals surface area (Å²) in [6.45, 7) is 6.29. The lowest BCUT2D eigenvalue weighted by molar-refractivity contribution is -0.386. The first kappa shape index (κ1) is 18.9. The maximum absolute atomic E-state index is 12.1. The lowest BCUT2D eigenvalue weighted by Crippen LogP contribution is -2.47. The minimum atomic E-state index is -0.388. The Hall–Kier alpha value is -3.14. The highest BCUT2D eigenvalue weighted by atomic mass is 16.6. The monoisotopic (exact) mass is 398 g/mol. The molecule has 3 aromatic carbocycles. The standard InChI is InChI=1S/C26H26N2O2/c1-25(19-9-5-3-6-10-19)15-17-27-18-16-26(2,20-11-7-4-8-12-20)23-22(28(29)30)14-13-21(25)24(23)27/h3-14H,15-18H2,1-2H3. The molecule has 4 nitrogen and oxygen atoms in total. The second kappa shape index (κ2) is 6.69. The number of nitrogens with zero attached hydrogens (tertiary/aromatic N) is 2. The van der Waals surface area contributed by atoms with E-state index in [2.05, 4.69) is 55.1 Å². The van der Waals surface area contributed by atoms with Crippen LogP contribution in [-0.4, -0.2) is 18.0 Å². The van der Waals surface area contributed by atoms with Gasteiger partial charge in [0, 0.05) is 30.0 Å². The van der Waals surface area contributed by atoms with Gasteiger partial charge < -0.3 is 4.90 Å². The molecular weight excluding hydrogens is 372 g/mol. The largest absolute Gasteiger partial charge is 0.371 e. The molecule has 5 rings (SSSR count). The molecule has 4 heteroatoms. The molecule has 0 bridgehead atoms. The van der Waals surface area contributed by atoms with E-state index in [1.54, 1.807) is 6.07 Å². The Bertz CT molecular complexity index is 1110. The summed E-state index contributed by atoms with van der Waals surface area (Å²) >= 11 is 0. The fourth-order valence-electron chi connectivity index (χ4n) is 5.56. The third-order valence-electron chi connectivity index (χ3n) is 7.40. The molecule has 0 saturated carbocycles. The van der Waals surface area contributed by atoms with Crippen molar-refractivity contribution in [1.29, 1.82) is 0 Å². The van der Waals surface area contributed by atoms with Crippen LogP contribution in [0.5, 0.6) is 0 Å². The van der Waals surface area contributed by atoms with E-state index in [4.69, 9.17) is 0 Å². The minimum Gasteiger partial charge on any atom is -0.371 e. The van der Waals surface area contributed by atoms with Crippen molar-refractivity contribution in [2.24, 2.45) is 0 Å². The number of rotatable bonds is 3. The van der Waals surface area contributed by atoms with Gasteiger partial charge in [0.05, 0.1) is 16.2 Å². The molecule has 2 aliphatic heterocycles. The van der Waals surface area contributed by atoms with Gasteiger partial charge in [0.1, 0.15) is 0 Å². The summed E-state index contributed by atoms with van der Waals surface area (Å²) in [5.74, 6) is 0. The molecule has 152 valence electrons. The number of hydrogen-bond acceptors (Lipinski definition) is 3. The van der Waals surface area contributed by atoms with Crippen LogP contribution in [0.4, 0.5) is 11.4 Å². The molecule has 0 saturated heterocycles. The van der Waals surface area contributed by atoms with Crippen molar-refractivity contribution >= 4 is 11.4 Å². The SMILES string of the molecule is CC1(c2ccccc2)CCN2CCC(C)(c3ccccc3)c3c([N+](=O)[O-])ccc1c32. The molecule has 30 heavy (non-hydrogen) atoms. The lowest BCUT2D eigenvalue weighted by Gasteiger charge is -2.49. The molecule has 2 atom stereocenters. The molecule has 0 aliphatic carbocycles. The van der Waals surface area contributed by atoms with Crippen LogP contribution >= 0.6 is 0 Å². The Balaban J connectivity index is 1.82. The highest BCUT2D eigenvalue weighted by Crippen LogP contribution is 2.55. The van der Waals surface area contributed by atoms with Crippen LogP contribution in [0, 0.1) is 10.1 Å². The quantitative estimate of drug-likeness (QED) is 0.412. The van der Waals surface area contributed by atoms with Crippen molar-refractivity contribution in [3.05, 3.63) is 105 Å². The summed E-state index contributed by atoms with van der Waals surface area (Å²) in [4.78, 5) is 14.3. The highest BCUT2D eigenvalue weighted by Gasteiger charge is 2.47. The fourth-order valence-corrected chi connectivity index (χ4v) is 5.56. The van der Waals surface area contributed by atoms with Crippen LogP contribution in [0.1, 0.15) is 48.9 Å². The first-order valence-corrected chi connectivity index (χ1v) is 10.6. The van der Waals surface area contributed by atoms with E-state index >= 15 is 0 Å². The summed E-state index contributed by atoms with van der Waals surface area (Å²) in [5, 5.41) is 12.1. The van der Waals surface area contributed by atoms with Gasteiger partial charge in [-0.2, -0.15) is 0 Å². The molecule has 2 unspecified atom stereocenters. The zero-order chi connectivity index (χ0) is 20.9. The Morgan fingerprint density at radius 1 is 0.800 bits per heavy atom. The number of nitro benzene ring substituents is 1. The minimum absolute atomic E-state index is 0.161. The van der Waals surface area contributed by atoms with E-state index in [9.17, 15) is 10.1 Å². The van der Waals surface area contributed by atoms with Crippen molar-refractivity contribution in [2.75, 3.05) is 18.0 Å². The molecule has 3 aromatic rings. The van der Waals surface area contributed by atoms with E-state index in [-0.39, 0.29) is 21.4 Å². The average molecular weight is 399 g/mol. The Labute approximate surface area is 177 Å². The van der Waals surface area contributed by atoms with E-state index < -0.39 is 0 Å². The van der Waals surface area contributed by atoms with Gasteiger partial charge in [0.2, 0.25) is 0 Å². The van der Waals surface area contributed by atoms with Gasteiger partial charge in [-0.05, 0) is 35.6 Å². The molecule has 0 aromatic heterocycles. The number of hydrogen-bond donors (Lipinski definition) is 0. The Kier molecular flexibility index (Phi) is 4.21. The highest BCUT2D eigenvalue weighted by molar-refractivity contribution is 5.76. The fraction of sp³-hybridized carbons (Fsp3) is 0.308. The Morgan fingerprint density at radius 2 is 1.33 bits per heavy atom. The first-order valence-electron chi connectivity index (χ1n) is 10.6. The van der Waals surface area contributed by atoms with Crippen LogP contribution in [0.25, 0.3) is 0 Å². The van der Waals surface area contributed by atoms with E-state index in [0.29, 0.717) is 0 Å². The molecule has 2 aliphatic rings. The van der Waals surface area contributed by atoms with E-state index in [1.807, 2.05) is 30.3 Å². The number of benzene rings is 3. The second-order valence-corrected chi connectivity index (χ2v) is 9.00. The van der Waals surface area contributed by atoms with Gasteiger partial charge >= 0.3 is 0 Å². The van der Waals surface area contributed by atoms with Gasteiger partial charge in [-0.15, -0.1) is 0 Å². The topological polar surface area (TPSA) is 46.4 Å². The Morgan fingerprint density at radius 3 is 1.90 bits per heavy atom. The van der Waals surface area contributed by atoms with Crippen LogP contribution in [0.2, 0.25) is 0 Å². The van der Waals surface area contributed by atoms with Gasteiger partial charge in [-0.3, -0.25) is 10.1 Å². The van der Waals surface area contributed by atoms with Gasteiger partial charge in [-0.25, -0.2) is 0 Å². The van der Waals surface area contributed by atoms with E-state index in [1.165, 1.54) is 11.1 Å². The summed E-state index contributed by atoms with van der Waals surface area (Å²) in [6, 6.07) is 24.6. The predicted octanol–water partition coefficient (Wildman–Crippen LogP) is 5.82. The van der Waals surface area contributed by atoms with Gasteiger partial charge in [0.25, 0.3) is 5.69 Å². The van der Waals surface area contributed by atoms with Crippen LogP contribution in [0.15, 0.2) is 72.8 Å². The normalized spacial score (nSPS) is 24.9. The van der Waals surface area contributed by atoms with E-state index in [0.717, 1.165) is 42.7 Å². The second-order valence-electron chi connectivity index (χ2n) is 9.00.